The van der Waals surface area contributed by atoms with Crippen LogP contribution in [0.5, 0.6) is 0 Å². The second kappa shape index (κ2) is 4.75. The van der Waals surface area contributed by atoms with E-state index in [-0.39, 0.29) is 11.4 Å². The molecular weight excluding hydrogens is 228 g/mol. The first kappa shape index (κ1) is 12.5. The molecular formula is C13H16N4O. The maximum Gasteiger partial charge on any atom is 0.272 e. The number of carbonyl (C=O) groups is 1. The monoisotopic (exact) mass is 244 g/mol. The molecule has 1 N–H and O–H groups in total. The van der Waals surface area contributed by atoms with Crippen LogP contribution in [0.2, 0.25) is 0 Å². The molecule has 1 amide bonds. The van der Waals surface area contributed by atoms with Crippen LogP contribution in [0.3, 0.4) is 0 Å². The number of nitriles is 1. The highest BCUT2D eigenvalue weighted by Crippen LogP contribution is 2.13. The first-order valence-corrected chi connectivity index (χ1v) is 5.92. The third-order valence-electron chi connectivity index (χ3n) is 2.97. The summed E-state index contributed by atoms with van der Waals surface area (Å²) >= 11 is 0. The zero-order valence-corrected chi connectivity index (χ0v) is 10.6. The van der Waals surface area contributed by atoms with Crippen molar-refractivity contribution in [2.45, 2.75) is 19.4 Å². The normalized spacial score (nSPS) is 18.2. The fourth-order valence-corrected chi connectivity index (χ4v) is 2.06. The lowest BCUT2D eigenvalue weighted by Crippen LogP contribution is -2.58. The number of nitrogens with one attached hydrogen (secondary N) is 1. The van der Waals surface area contributed by atoms with Crippen molar-refractivity contribution in [3.63, 3.8) is 0 Å². The van der Waals surface area contributed by atoms with E-state index in [1.165, 1.54) is 6.20 Å². The van der Waals surface area contributed by atoms with Crippen LogP contribution >= 0.6 is 0 Å². The number of piperazine rings is 1. The Hall–Kier alpha value is -1.93. The summed E-state index contributed by atoms with van der Waals surface area (Å²) in [6, 6.07) is 5.21. The predicted octanol–water partition coefficient (Wildman–Crippen LogP) is 0.777. The molecule has 1 saturated heterocycles. The van der Waals surface area contributed by atoms with Gasteiger partial charge in [-0.05, 0) is 26.0 Å². The molecule has 0 bridgehead atoms. The van der Waals surface area contributed by atoms with Crippen LogP contribution in [-0.2, 0) is 0 Å². The van der Waals surface area contributed by atoms with Crippen LogP contribution in [0, 0.1) is 11.3 Å². The van der Waals surface area contributed by atoms with Gasteiger partial charge in [0.05, 0.1) is 5.56 Å². The van der Waals surface area contributed by atoms with Gasteiger partial charge in [-0.1, -0.05) is 0 Å². The Kier molecular flexibility index (Phi) is 3.30. The second-order valence-electron chi connectivity index (χ2n) is 5.08. The number of pyridine rings is 1. The average Bonchev–Trinajstić information content (AvgIpc) is 2.37. The number of nitrogens with zero attached hydrogens (tertiary/aromatic N) is 3. The van der Waals surface area contributed by atoms with E-state index in [9.17, 15) is 4.79 Å². The largest absolute Gasteiger partial charge is 0.334 e. The molecule has 2 rings (SSSR count). The van der Waals surface area contributed by atoms with E-state index in [2.05, 4.69) is 24.1 Å². The zero-order valence-electron chi connectivity index (χ0n) is 10.6. The smallest absolute Gasteiger partial charge is 0.272 e. The number of hydrogen-bond acceptors (Lipinski definition) is 4. The van der Waals surface area contributed by atoms with Crippen molar-refractivity contribution >= 4 is 5.91 Å². The van der Waals surface area contributed by atoms with E-state index >= 15 is 0 Å². The second-order valence-corrected chi connectivity index (χ2v) is 5.08. The molecule has 5 nitrogen and oxygen atoms in total. The number of hydrogen-bond donors (Lipinski definition) is 1. The molecule has 0 spiro atoms. The van der Waals surface area contributed by atoms with Crippen LogP contribution in [-0.4, -0.2) is 41.0 Å². The Labute approximate surface area is 106 Å². The van der Waals surface area contributed by atoms with Crippen LogP contribution < -0.4 is 5.32 Å². The van der Waals surface area contributed by atoms with Crippen LogP contribution in [0.15, 0.2) is 18.3 Å². The lowest BCUT2D eigenvalue weighted by atomic mass is 10.0. The molecule has 94 valence electrons. The molecule has 5 heteroatoms. The molecule has 0 aliphatic carbocycles. The van der Waals surface area contributed by atoms with Crippen molar-refractivity contribution in [1.29, 1.82) is 5.26 Å². The number of amides is 1. The average molecular weight is 244 g/mol. The Morgan fingerprint density at radius 2 is 2.33 bits per heavy atom. The van der Waals surface area contributed by atoms with Crippen LogP contribution in [0.4, 0.5) is 0 Å². The van der Waals surface area contributed by atoms with E-state index in [0.717, 1.165) is 6.54 Å². The summed E-state index contributed by atoms with van der Waals surface area (Å²) in [6.07, 6.45) is 1.43. The first-order valence-electron chi connectivity index (χ1n) is 5.92. The first-order chi connectivity index (χ1) is 8.52. The van der Waals surface area contributed by atoms with Gasteiger partial charge in [-0.15, -0.1) is 0 Å². The predicted molar refractivity (Wildman–Crippen MR) is 66.9 cm³/mol. The topological polar surface area (TPSA) is 69.0 Å². The molecule has 18 heavy (non-hydrogen) atoms. The van der Waals surface area contributed by atoms with E-state index < -0.39 is 0 Å². The summed E-state index contributed by atoms with van der Waals surface area (Å²) in [7, 11) is 0. The third kappa shape index (κ3) is 2.66. The highest BCUT2D eigenvalue weighted by atomic mass is 16.2. The van der Waals surface area contributed by atoms with Crippen molar-refractivity contribution in [2.75, 3.05) is 19.6 Å². The van der Waals surface area contributed by atoms with E-state index in [1.807, 2.05) is 6.07 Å². The minimum absolute atomic E-state index is 0.0689. The summed E-state index contributed by atoms with van der Waals surface area (Å²) in [6.45, 7) is 6.27. The molecule has 0 unspecified atom stereocenters. The van der Waals surface area contributed by atoms with Gasteiger partial charge < -0.3 is 10.2 Å². The van der Waals surface area contributed by atoms with Gasteiger partial charge in [-0.25, -0.2) is 4.98 Å². The third-order valence-corrected chi connectivity index (χ3v) is 2.97. The van der Waals surface area contributed by atoms with Gasteiger partial charge in [-0.2, -0.15) is 5.26 Å². The molecule has 1 aromatic rings. The molecule has 0 radical (unpaired) electrons. The SMILES string of the molecule is CC1(C)CN(C(=O)c2ccc(C#N)cn2)CCN1. The molecule has 0 atom stereocenters. The summed E-state index contributed by atoms with van der Waals surface area (Å²) in [4.78, 5) is 18.1. The lowest BCUT2D eigenvalue weighted by Gasteiger charge is -2.38. The highest BCUT2D eigenvalue weighted by molar-refractivity contribution is 5.92. The Bertz CT molecular complexity index is 487. The van der Waals surface area contributed by atoms with Gasteiger partial charge in [0.25, 0.3) is 5.91 Å². The van der Waals surface area contributed by atoms with Crippen molar-refractivity contribution < 1.29 is 4.79 Å². The van der Waals surface area contributed by atoms with Crippen molar-refractivity contribution in [1.82, 2.24) is 15.2 Å². The molecule has 1 aliphatic rings. The molecule has 1 aliphatic heterocycles. The fourth-order valence-electron chi connectivity index (χ4n) is 2.06. The summed E-state index contributed by atoms with van der Waals surface area (Å²) in [5, 5.41) is 12.0. The van der Waals surface area contributed by atoms with Gasteiger partial charge in [0.2, 0.25) is 0 Å². The molecule has 1 aromatic heterocycles. The van der Waals surface area contributed by atoms with Crippen LogP contribution in [0.1, 0.15) is 29.9 Å². The Balaban J connectivity index is 2.13. The maximum absolute atomic E-state index is 12.2. The molecule has 2 heterocycles. The molecule has 1 fully saturated rings. The minimum Gasteiger partial charge on any atom is -0.334 e. The minimum atomic E-state index is -0.0749. The lowest BCUT2D eigenvalue weighted by molar-refractivity contribution is 0.0646. The number of rotatable bonds is 1. The van der Waals surface area contributed by atoms with Crippen molar-refractivity contribution in [3.8, 4) is 6.07 Å². The highest BCUT2D eigenvalue weighted by Gasteiger charge is 2.29. The van der Waals surface area contributed by atoms with Crippen molar-refractivity contribution in [2.24, 2.45) is 0 Å². The maximum atomic E-state index is 12.2. The van der Waals surface area contributed by atoms with Gasteiger partial charge in [0.15, 0.2) is 0 Å². The van der Waals surface area contributed by atoms with E-state index in [1.54, 1.807) is 17.0 Å². The summed E-state index contributed by atoms with van der Waals surface area (Å²) in [5.74, 6) is -0.0749. The quantitative estimate of drug-likeness (QED) is 0.792. The Morgan fingerprint density at radius 1 is 1.56 bits per heavy atom. The number of aromatic nitrogens is 1. The van der Waals surface area contributed by atoms with E-state index in [4.69, 9.17) is 5.26 Å². The van der Waals surface area contributed by atoms with Crippen LogP contribution in [0.25, 0.3) is 0 Å². The van der Waals surface area contributed by atoms with Gasteiger partial charge in [-0.3, -0.25) is 4.79 Å². The standard InChI is InChI=1S/C13H16N4O/c1-13(2)9-17(6-5-16-13)12(18)11-4-3-10(7-14)8-15-11/h3-4,8,16H,5-6,9H2,1-2H3. The fraction of sp³-hybridized carbons (Fsp3) is 0.462. The molecule has 0 aromatic carbocycles. The zero-order chi connectivity index (χ0) is 13.2. The number of carbonyl (C=O) groups excluding carboxylic acids is 1. The van der Waals surface area contributed by atoms with E-state index in [0.29, 0.717) is 24.3 Å². The summed E-state index contributed by atoms with van der Waals surface area (Å²) < 4.78 is 0. The van der Waals surface area contributed by atoms with Crippen molar-refractivity contribution in [3.05, 3.63) is 29.6 Å². The van der Waals surface area contributed by atoms with Gasteiger partial charge in [0.1, 0.15) is 11.8 Å². The summed E-state index contributed by atoms with van der Waals surface area (Å²) in [5.41, 5.74) is 0.791. The van der Waals surface area contributed by atoms with Gasteiger partial charge in [0, 0.05) is 31.4 Å². The Morgan fingerprint density at radius 3 is 2.89 bits per heavy atom. The van der Waals surface area contributed by atoms with Gasteiger partial charge >= 0.3 is 0 Å². The molecule has 0 saturated carbocycles.